The van der Waals surface area contributed by atoms with Gasteiger partial charge in [0.2, 0.25) is 0 Å². The van der Waals surface area contributed by atoms with Crippen molar-refractivity contribution in [3.63, 3.8) is 0 Å². The minimum atomic E-state index is -0.657. The second kappa shape index (κ2) is 7.21. The highest BCUT2D eigenvalue weighted by Gasteiger charge is 2.22. The molecule has 0 fully saturated rings. The van der Waals surface area contributed by atoms with Crippen LogP contribution in [0, 0.1) is 0 Å². The van der Waals surface area contributed by atoms with Crippen LogP contribution in [0.1, 0.15) is 31.1 Å². The molecule has 0 aliphatic heterocycles. The van der Waals surface area contributed by atoms with Gasteiger partial charge in [-0.25, -0.2) is 4.52 Å². The number of H-pyrrole nitrogens is 1. The molecule has 28 heavy (non-hydrogen) atoms. The number of nitrogens with one attached hydrogen (secondary N) is 2. The molecule has 0 saturated carbocycles. The summed E-state index contributed by atoms with van der Waals surface area (Å²) in [5.74, 6) is 0.840. The zero-order valence-corrected chi connectivity index (χ0v) is 16.2. The van der Waals surface area contributed by atoms with Crippen LogP contribution in [0.3, 0.4) is 0 Å². The van der Waals surface area contributed by atoms with Crippen LogP contribution in [0.5, 0.6) is 5.75 Å². The van der Waals surface area contributed by atoms with Gasteiger partial charge in [0, 0.05) is 40.9 Å². The summed E-state index contributed by atoms with van der Waals surface area (Å²) in [5, 5.41) is 26.6. The number of β-amino-alcohol motifs (C(OH)–C–C–N with tert-alkyl or cyclic N) is 1. The summed E-state index contributed by atoms with van der Waals surface area (Å²) in [6, 6.07) is 9.66. The first-order valence-corrected chi connectivity index (χ1v) is 9.20. The third kappa shape index (κ3) is 3.69. The van der Waals surface area contributed by atoms with E-state index in [9.17, 15) is 5.11 Å². The van der Waals surface area contributed by atoms with Gasteiger partial charge < -0.3 is 20.1 Å². The van der Waals surface area contributed by atoms with E-state index in [1.807, 2.05) is 30.5 Å². The van der Waals surface area contributed by atoms with Gasteiger partial charge in [-0.1, -0.05) is 6.07 Å². The fraction of sp³-hybridized carbons (Fsp3) is 0.350. The van der Waals surface area contributed by atoms with E-state index in [-0.39, 0.29) is 5.54 Å². The zero-order valence-electron chi connectivity index (χ0n) is 16.2. The molecule has 1 atom stereocenters. The van der Waals surface area contributed by atoms with Crippen molar-refractivity contribution < 1.29 is 9.84 Å². The summed E-state index contributed by atoms with van der Waals surface area (Å²) in [6.07, 6.45) is 3.94. The number of ether oxygens (including phenoxy) is 1. The molecule has 4 aromatic rings. The minimum Gasteiger partial charge on any atom is -0.497 e. The number of hydrogen-bond acceptors (Lipinski definition) is 6. The predicted molar refractivity (Wildman–Crippen MR) is 106 cm³/mol. The molecule has 3 N–H and O–H groups in total. The van der Waals surface area contributed by atoms with Crippen molar-refractivity contribution in [3.05, 3.63) is 53.9 Å². The summed E-state index contributed by atoms with van der Waals surface area (Å²) in [5.41, 5.74) is 3.49. The number of benzene rings is 1. The Kier molecular flexibility index (Phi) is 4.74. The van der Waals surface area contributed by atoms with Gasteiger partial charge in [0.15, 0.2) is 5.65 Å². The molecule has 3 heterocycles. The number of methoxy groups -OCH3 is 1. The molecule has 8 nitrogen and oxygen atoms in total. The lowest BCUT2D eigenvalue weighted by Crippen LogP contribution is -2.43. The first kappa shape index (κ1) is 18.4. The highest BCUT2D eigenvalue weighted by Crippen LogP contribution is 2.26. The normalized spacial score (nSPS) is 13.3. The highest BCUT2D eigenvalue weighted by atomic mass is 16.5. The lowest BCUT2D eigenvalue weighted by molar-refractivity contribution is 0.160. The number of rotatable bonds is 7. The number of aliphatic hydroxyl groups is 1. The Bertz CT molecular complexity index is 1100. The third-order valence-corrected chi connectivity index (χ3v) is 4.98. The molecule has 146 valence electrons. The number of tetrazole rings is 1. The average Bonchev–Trinajstić information content (AvgIpc) is 3.32. The maximum absolute atomic E-state index is 10.6. The van der Waals surface area contributed by atoms with E-state index < -0.39 is 6.10 Å². The Balaban J connectivity index is 1.45. The lowest BCUT2D eigenvalue weighted by Gasteiger charge is -2.28. The van der Waals surface area contributed by atoms with E-state index in [4.69, 9.17) is 4.74 Å². The van der Waals surface area contributed by atoms with Gasteiger partial charge in [0.25, 0.3) is 0 Å². The molecule has 0 radical (unpaired) electrons. The third-order valence-electron chi connectivity index (χ3n) is 4.98. The van der Waals surface area contributed by atoms with Crippen molar-refractivity contribution >= 4 is 16.6 Å². The van der Waals surface area contributed by atoms with Gasteiger partial charge in [-0.3, -0.25) is 0 Å². The number of pyridine rings is 1. The largest absolute Gasteiger partial charge is 0.497 e. The Morgan fingerprint density at radius 2 is 2.14 bits per heavy atom. The van der Waals surface area contributed by atoms with Crippen LogP contribution in [0.2, 0.25) is 0 Å². The fourth-order valence-corrected chi connectivity index (χ4v) is 3.41. The van der Waals surface area contributed by atoms with Crippen LogP contribution in [0.4, 0.5) is 0 Å². The quantitative estimate of drug-likeness (QED) is 0.455. The van der Waals surface area contributed by atoms with Crippen molar-refractivity contribution in [2.45, 2.75) is 31.9 Å². The first-order valence-electron chi connectivity index (χ1n) is 9.20. The molecular formula is C20H24N6O2. The average molecular weight is 380 g/mol. The van der Waals surface area contributed by atoms with Gasteiger partial charge >= 0.3 is 0 Å². The van der Waals surface area contributed by atoms with E-state index in [2.05, 4.69) is 39.7 Å². The van der Waals surface area contributed by atoms with E-state index in [0.29, 0.717) is 12.2 Å². The number of aliphatic hydroxyl groups excluding tert-OH is 1. The molecule has 8 heteroatoms. The van der Waals surface area contributed by atoms with Crippen molar-refractivity contribution in [3.8, 4) is 5.75 Å². The van der Waals surface area contributed by atoms with Gasteiger partial charge in [-0.15, -0.1) is 5.10 Å². The summed E-state index contributed by atoms with van der Waals surface area (Å²) in [7, 11) is 1.67. The van der Waals surface area contributed by atoms with Crippen molar-refractivity contribution in [1.29, 1.82) is 0 Å². The fourth-order valence-electron chi connectivity index (χ4n) is 3.41. The summed E-state index contributed by atoms with van der Waals surface area (Å²) >= 11 is 0. The molecule has 3 aromatic heterocycles. The first-order chi connectivity index (χ1) is 13.4. The summed E-state index contributed by atoms with van der Waals surface area (Å²) in [4.78, 5) is 3.31. The molecule has 0 amide bonds. The van der Waals surface area contributed by atoms with Crippen molar-refractivity contribution in [2.75, 3.05) is 13.7 Å². The Hall–Kier alpha value is -2.97. The number of aromatic nitrogens is 5. The summed E-state index contributed by atoms with van der Waals surface area (Å²) < 4.78 is 6.91. The summed E-state index contributed by atoms with van der Waals surface area (Å²) in [6.45, 7) is 4.68. The molecule has 0 aliphatic carbocycles. The van der Waals surface area contributed by atoms with Crippen LogP contribution in [0.25, 0.3) is 16.6 Å². The Labute approximate surface area is 162 Å². The van der Waals surface area contributed by atoms with Crippen LogP contribution < -0.4 is 10.1 Å². The molecule has 4 rings (SSSR count). The van der Waals surface area contributed by atoms with Crippen LogP contribution >= 0.6 is 0 Å². The van der Waals surface area contributed by atoms with Gasteiger partial charge in [-0.2, -0.15) is 0 Å². The smallest absolute Gasteiger partial charge is 0.179 e. The van der Waals surface area contributed by atoms with E-state index >= 15 is 0 Å². The Morgan fingerprint density at radius 1 is 1.29 bits per heavy atom. The molecule has 0 spiro atoms. The maximum atomic E-state index is 10.6. The SMILES string of the molecule is COc1ccc2[nH]cc(CC(C)(C)NC[C@H](O)c3ccc4nnnn4c3)c2c1. The van der Waals surface area contributed by atoms with Crippen LogP contribution in [-0.2, 0) is 6.42 Å². The van der Waals surface area contributed by atoms with Crippen molar-refractivity contribution in [2.24, 2.45) is 0 Å². The van der Waals surface area contributed by atoms with Crippen LogP contribution in [0.15, 0.2) is 42.7 Å². The maximum Gasteiger partial charge on any atom is 0.179 e. The van der Waals surface area contributed by atoms with E-state index in [1.165, 1.54) is 5.56 Å². The Morgan fingerprint density at radius 3 is 2.96 bits per heavy atom. The van der Waals surface area contributed by atoms with Gasteiger partial charge in [0.1, 0.15) is 5.75 Å². The molecule has 0 saturated heterocycles. The lowest BCUT2D eigenvalue weighted by atomic mass is 9.94. The predicted octanol–water partition coefficient (Wildman–Crippen LogP) is 2.26. The second-order valence-corrected chi connectivity index (χ2v) is 7.63. The van der Waals surface area contributed by atoms with E-state index in [1.54, 1.807) is 23.9 Å². The topological polar surface area (TPSA) is 100 Å². The second-order valence-electron chi connectivity index (χ2n) is 7.63. The van der Waals surface area contributed by atoms with Gasteiger partial charge in [-0.05, 0) is 60.5 Å². The molecule has 0 bridgehead atoms. The highest BCUT2D eigenvalue weighted by molar-refractivity contribution is 5.84. The van der Waals surface area contributed by atoms with Crippen LogP contribution in [-0.4, -0.2) is 49.3 Å². The number of nitrogens with zero attached hydrogens (tertiary/aromatic N) is 4. The minimum absolute atomic E-state index is 0.210. The van der Waals surface area contributed by atoms with E-state index in [0.717, 1.165) is 28.6 Å². The zero-order chi connectivity index (χ0) is 19.7. The molecule has 1 aromatic carbocycles. The number of fused-ring (bicyclic) bond motifs is 2. The number of hydrogen-bond donors (Lipinski definition) is 3. The molecule has 0 unspecified atom stereocenters. The molecule has 0 aliphatic rings. The standard InChI is InChI=1S/C20H24N6O2/c1-20(2,9-14-10-21-17-6-5-15(28-3)8-16(14)17)22-11-18(27)13-4-7-19-23-24-25-26(19)12-13/h4-8,10,12,18,21-22,27H,9,11H2,1-3H3/t18-/m0/s1. The van der Waals surface area contributed by atoms with Gasteiger partial charge in [0.05, 0.1) is 13.2 Å². The monoisotopic (exact) mass is 380 g/mol. The van der Waals surface area contributed by atoms with Crippen molar-refractivity contribution in [1.82, 2.24) is 30.3 Å². The number of aromatic amines is 1. The molecular weight excluding hydrogens is 356 g/mol.